The fraction of sp³-hybridized carbons (Fsp3) is 0.214. The van der Waals surface area contributed by atoms with Gasteiger partial charge in [0.2, 0.25) is 0 Å². The van der Waals surface area contributed by atoms with Gasteiger partial charge in [0.15, 0.2) is 0 Å². The molecular weight excluding hydrogens is 292 g/mol. The first-order valence-corrected chi connectivity index (χ1v) is 7.16. The number of esters is 1. The highest BCUT2D eigenvalue weighted by Gasteiger charge is 2.08. The lowest BCUT2D eigenvalue weighted by Crippen LogP contribution is -2.35. The lowest BCUT2D eigenvalue weighted by molar-refractivity contribution is -0.137. The SMILES string of the molecule is COC(=O)CSc1cc(=O)n(Cc2ccccc2)c(=O)[nH]1. The van der Waals surface area contributed by atoms with Crippen molar-refractivity contribution in [3.8, 4) is 0 Å². The molecule has 110 valence electrons. The van der Waals surface area contributed by atoms with Crippen molar-refractivity contribution in [3.05, 3.63) is 62.8 Å². The highest BCUT2D eigenvalue weighted by molar-refractivity contribution is 7.99. The largest absolute Gasteiger partial charge is 0.468 e. The second-order valence-corrected chi connectivity index (χ2v) is 5.23. The van der Waals surface area contributed by atoms with Crippen LogP contribution in [0.4, 0.5) is 0 Å². The van der Waals surface area contributed by atoms with Crippen LogP contribution in [-0.2, 0) is 16.1 Å². The van der Waals surface area contributed by atoms with Gasteiger partial charge in [-0.25, -0.2) is 4.79 Å². The summed E-state index contributed by atoms with van der Waals surface area (Å²) in [4.78, 5) is 37.6. The van der Waals surface area contributed by atoms with E-state index in [1.165, 1.54) is 13.2 Å². The van der Waals surface area contributed by atoms with E-state index >= 15 is 0 Å². The van der Waals surface area contributed by atoms with Crippen LogP contribution >= 0.6 is 11.8 Å². The molecule has 0 aliphatic carbocycles. The number of hydrogen-bond donors (Lipinski definition) is 1. The Bertz CT molecular complexity index is 705. The van der Waals surface area contributed by atoms with Gasteiger partial charge in [-0.2, -0.15) is 0 Å². The summed E-state index contributed by atoms with van der Waals surface area (Å²) >= 11 is 1.05. The second-order valence-electron chi connectivity index (χ2n) is 4.21. The number of methoxy groups -OCH3 is 1. The van der Waals surface area contributed by atoms with Gasteiger partial charge in [-0.15, -0.1) is 0 Å². The van der Waals surface area contributed by atoms with Gasteiger partial charge in [0.1, 0.15) is 0 Å². The monoisotopic (exact) mass is 306 g/mol. The molecule has 0 aliphatic rings. The van der Waals surface area contributed by atoms with E-state index in [2.05, 4.69) is 9.72 Å². The maximum Gasteiger partial charge on any atom is 0.329 e. The number of rotatable bonds is 5. The molecule has 0 saturated heterocycles. The third-order valence-corrected chi connectivity index (χ3v) is 3.66. The van der Waals surface area contributed by atoms with Gasteiger partial charge in [-0.1, -0.05) is 42.1 Å². The number of hydrogen-bond acceptors (Lipinski definition) is 5. The molecule has 0 radical (unpaired) electrons. The number of carbonyl (C=O) groups excluding carboxylic acids is 1. The Morgan fingerprint density at radius 3 is 2.62 bits per heavy atom. The van der Waals surface area contributed by atoms with E-state index in [1.807, 2.05) is 30.3 Å². The minimum atomic E-state index is -0.501. The maximum absolute atomic E-state index is 12.0. The van der Waals surface area contributed by atoms with E-state index in [4.69, 9.17) is 0 Å². The topological polar surface area (TPSA) is 81.2 Å². The Morgan fingerprint density at radius 1 is 1.29 bits per heavy atom. The number of carbonyl (C=O) groups is 1. The number of aromatic nitrogens is 2. The second kappa shape index (κ2) is 6.94. The van der Waals surface area contributed by atoms with Crippen LogP contribution in [0.1, 0.15) is 5.56 Å². The fourth-order valence-corrected chi connectivity index (χ4v) is 2.42. The van der Waals surface area contributed by atoms with E-state index in [0.717, 1.165) is 21.9 Å². The molecule has 6 nitrogen and oxygen atoms in total. The number of ether oxygens (including phenoxy) is 1. The van der Waals surface area contributed by atoms with Crippen molar-refractivity contribution < 1.29 is 9.53 Å². The van der Waals surface area contributed by atoms with Crippen LogP contribution in [0.25, 0.3) is 0 Å². The molecule has 21 heavy (non-hydrogen) atoms. The Balaban J connectivity index is 2.20. The van der Waals surface area contributed by atoms with Gasteiger partial charge in [0.05, 0.1) is 24.4 Å². The first-order chi connectivity index (χ1) is 10.1. The van der Waals surface area contributed by atoms with Crippen LogP contribution < -0.4 is 11.2 Å². The zero-order chi connectivity index (χ0) is 15.2. The molecule has 1 heterocycles. The predicted molar refractivity (Wildman–Crippen MR) is 79.6 cm³/mol. The predicted octanol–water partition coefficient (Wildman–Crippen LogP) is 0.850. The first-order valence-electron chi connectivity index (χ1n) is 6.18. The molecule has 1 aromatic heterocycles. The molecule has 7 heteroatoms. The molecule has 0 unspecified atom stereocenters. The highest BCUT2D eigenvalue weighted by Crippen LogP contribution is 2.11. The van der Waals surface area contributed by atoms with Gasteiger partial charge in [0, 0.05) is 6.07 Å². The maximum atomic E-state index is 12.0. The van der Waals surface area contributed by atoms with Gasteiger partial charge in [-0.3, -0.25) is 14.2 Å². The quantitative estimate of drug-likeness (QED) is 0.503. The van der Waals surface area contributed by atoms with Crippen LogP contribution in [0, 0.1) is 0 Å². The molecule has 1 aromatic carbocycles. The van der Waals surface area contributed by atoms with E-state index in [9.17, 15) is 14.4 Å². The minimum Gasteiger partial charge on any atom is -0.468 e. The summed E-state index contributed by atoms with van der Waals surface area (Å²) in [6.45, 7) is 0.205. The third kappa shape index (κ3) is 4.09. The number of benzene rings is 1. The average molecular weight is 306 g/mol. The molecule has 1 N–H and O–H groups in total. The summed E-state index contributed by atoms with van der Waals surface area (Å²) in [5.41, 5.74) is -0.0475. The van der Waals surface area contributed by atoms with Crippen molar-refractivity contribution in [1.82, 2.24) is 9.55 Å². The Morgan fingerprint density at radius 2 is 2.00 bits per heavy atom. The van der Waals surface area contributed by atoms with Crippen LogP contribution in [0.15, 0.2) is 51.0 Å². The van der Waals surface area contributed by atoms with Crippen molar-refractivity contribution in [3.63, 3.8) is 0 Å². The van der Waals surface area contributed by atoms with Gasteiger partial charge in [0.25, 0.3) is 5.56 Å². The summed E-state index contributed by atoms with van der Waals surface area (Å²) in [7, 11) is 1.28. The normalized spacial score (nSPS) is 10.3. The van der Waals surface area contributed by atoms with E-state index in [1.54, 1.807) is 0 Å². The van der Waals surface area contributed by atoms with Gasteiger partial charge in [-0.05, 0) is 5.56 Å². The first kappa shape index (κ1) is 15.1. The van der Waals surface area contributed by atoms with E-state index in [0.29, 0.717) is 5.03 Å². The molecule has 0 atom stereocenters. The summed E-state index contributed by atoms with van der Waals surface area (Å²) in [5.74, 6) is -0.386. The van der Waals surface area contributed by atoms with Gasteiger partial charge >= 0.3 is 11.7 Å². The Hall–Kier alpha value is -2.28. The molecule has 0 amide bonds. The Kier molecular flexibility index (Phi) is 4.99. The highest BCUT2D eigenvalue weighted by atomic mass is 32.2. The molecule has 0 fully saturated rings. The standard InChI is InChI=1S/C14H14N2O4S/c1-20-13(18)9-21-11-7-12(17)16(14(19)15-11)8-10-5-3-2-4-6-10/h2-7H,8-9H2,1H3,(H,15,19). The van der Waals surface area contributed by atoms with E-state index < -0.39 is 17.2 Å². The van der Waals surface area contributed by atoms with Crippen molar-refractivity contribution in [2.24, 2.45) is 0 Å². The van der Waals surface area contributed by atoms with Crippen LogP contribution in [0.3, 0.4) is 0 Å². The van der Waals surface area contributed by atoms with Crippen molar-refractivity contribution in [1.29, 1.82) is 0 Å². The summed E-state index contributed by atoms with van der Waals surface area (Å²) in [6, 6.07) is 10.5. The lowest BCUT2D eigenvalue weighted by Gasteiger charge is -2.06. The molecule has 0 aliphatic heterocycles. The summed E-state index contributed by atoms with van der Waals surface area (Å²) < 4.78 is 5.61. The third-order valence-electron chi connectivity index (χ3n) is 2.75. The van der Waals surface area contributed by atoms with Crippen molar-refractivity contribution in [2.45, 2.75) is 11.6 Å². The molecule has 0 bridgehead atoms. The number of aromatic amines is 1. The molecule has 2 aromatic rings. The van der Waals surface area contributed by atoms with Crippen LogP contribution in [0.5, 0.6) is 0 Å². The van der Waals surface area contributed by atoms with E-state index in [-0.39, 0.29) is 12.3 Å². The molecule has 2 rings (SSSR count). The smallest absolute Gasteiger partial charge is 0.329 e. The average Bonchev–Trinajstić information content (AvgIpc) is 2.49. The summed E-state index contributed by atoms with van der Waals surface area (Å²) in [6.07, 6.45) is 0. The zero-order valence-electron chi connectivity index (χ0n) is 11.4. The number of thioether (sulfide) groups is 1. The number of nitrogens with one attached hydrogen (secondary N) is 1. The van der Waals surface area contributed by atoms with Crippen LogP contribution in [-0.4, -0.2) is 28.4 Å². The van der Waals surface area contributed by atoms with Crippen LogP contribution in [0.2, 0.25) is 0 Å². The number of nitrogens with zero attached hydrogens (tertiary/aromatic N) is 1. The zero-order valence-corrected chi connectivity index (χ0v) is 12.2. The lowest BCUT2D eigenvalue weighted by atomic mass is 10.2. The van der Waals surface area contributed by atoms with Crippen molar-refractivity contribution in [2.75, 3.05) is 12.9 Å². The number of H-pyrrole nitrogens is 1. The molecule has 0 saturated carbocycles. The molecule has 0 spiro atoms. The van der Waals surface area contributed by atoms with Crippen molar-refractivity contribution >= 4 is 17.7 Å². The minimum absolute atomic E-state index is 0.0363. The Labute approximate surface area is 124 Å². The fourth-order valence-electron chi connectivity index (χ4n) is 1.69. The molecular formula is C14H14N2O4S. The van der Waals surface area contributed by atoms with Gasteiger partial charge < -0.3 is 9.72 Å². The summed E-state index contributed by atoms with van der Waals surface area (Å²) in [5, 5.41) is 0.347.